The van der Waals surface area contributed by atoms with E-state index in [-0.39, 0.29) is 5.78 Å². The lowest BCUT2D eigenvalue weighted by Crippen LogP contribution is -1.87. The van der Waals surface area contributed by atoms with Gasteiger partial charge in [0.15, 0.2) is 0 Å². The second-order valence-corrected chi connectivity index (χ2v) is 1.85. The molecule has 0 spiro atoms. The van der Waals surface area contributed by atoms with Crippen LogP contribution < -0.4 is 0 Å². The first kappa shape index (κ1) is 6.84. The fraction of sp³-hybridized carbons (Fsp3) is 0.600. The van der Waals surface area contributed by atoms with Crippen molar-refractivity contribution in [3.8, 4) is 0 Å². The molecule has 0 amide bonds. The Balaban J connectivity index is 2.97. The van der Waals surface area contributed by atoms with Crippen molar-refractivity contribution in [3.05, 3.63) is 0 Å². The van der Waals surface area contributed by atoms with Crippen molar-refractivity contribution in [1.29, 1.82) is 0 Å². The predicted octanol–water partition coefficient (Wildman–Crippen LogP) is 1.30. The van der Waals surface area contributed by atoms with Gasteiger partial charge in [-0.1, -0.05) is 5.80 Å². The fourth-order valence-electron chi connectivity index (χ4n) is 0.275. The Hall–Kier alpha value is -0.160. The Morgan fingerprint density at radius 3 is 2.57 bits per heavy atom. The zero-order valence-corrected chi connectivity index (χ0v) is 5.40. The smallest absolute Gasteiger partial charge is 0.130 e. The normalized spacial score (nSPS) is 8.14. The van der Waals surface area contributed by atoms with Gasteiger partial charge in [0.05, 0.1) is 0 Å². The number of rotatable bonds is 3. The van der Waals surface area contributed by atoms with Crippen LogP contribution in [-0.4, -0.2) is 11.6 Å². The van der Waals surface area contributed by atoms with Crippen LogP contribution in [0.25, 0.3) is 0 Å². The van der Waals surface area contributed by atoms with Crippen molar-refractivity contribution in [2.24, 2.45) is 0 Å². The van der Waals surface area contributed by atoms with Gasteiger partial charge in [0.1, 0.15) is 5.78 Å². The lowest BCUT2D eigenvalue weighted by Gasteiger charge is -1.82. The van der Waals surface area contributed by atoms with Crippen LogP contribution in [0.3, 0.4) is 0 Å². The molecule has 0 aromatic rings. The van der Waals surface area contributed by atoms with Crippen molar-refractivity contribution in [2.75, 3.05) is 0 Å². The number of carbonyl (C=O) groups excluding carboxylic acids is 1. The highest BCUT2D eigenvalue weighted by Gasteiger charge is 1.85. The zero-order valence-electron chi connectivity index (χ0n) is 4.40. The first-order valence-corrected chi connectivity index (χ1v) is 2.83. The minimum atomic E-state index is 0.245. The molecule has 40 valence electrons. The van der Waals surface area contributed by atoms with Gasteiger partial charge in [-0.15, -0.1) is 8.86 Å². The Labute approximate surface area is 45.9 Å². The highest BCUT2D eigenvalue weighted by atomic mass is 31.0. The molecule has 0 aliphatic heterocycles. The average molecular weight is 116 g/mol. The van der Waals surface area contributed by atoms with Gasteiger partial charge < -0.3 is 4.79 Å². The number of ketones is 1. The van der Waals surface area contributed by atoms with Crippen molar-refractivity contribution in [2.45, 2.75) is 19.8 Å². The summed E-state index contributed by atoms with van der Waals surface area (Å²) in [5.74, 6) is 2.05. The van der Waals surface area contributed by atoms with Crippen LogP contribution in [-0.2, 0) is 4.79 Å². The molecule has 0 rings (SSSR count). The van der Waals surface area contributed by atoms with Gasteiger partial charge in [0.2, 0.25) is 0 Å². The molecule has 1 nitrogen and oxygen atoms in total. The Kier molecular flexibility index (Phi) is 3.92. The van der Waals surface area contributed by atoms with Crippen molar-refractivity contribution < 1.29 is 4.79 Å². The van der Waals surface area contributed by atoms with Crippen LogP contribution in [0, 0.1) is 0 Å². The maximum absolute atomic E-state index is 10.2. The van der Waals surface area contributed by atoms with E-state index in [1.54, 1.807) is 12.7 Å². The van der Waals surface area contributed by atoms with Crippen LogP contribution >= 0.6 is 8.86 Å². The minimum Gasteiger partial charge on any atom is -0.300 e. The third-order valence-electron chi connectivity index (χ3n) is 0.641. The van der Waals surface area contributed by atoms with E-state index in [1.165, 1.54) is 0 Å². The average Bonchev–Trinajstić information content (AvgIpc) is 1.61. The Morgan fingerprint density at radius 1 is 1.86 bits per heavy atom. The first-order valence-electron chi connectivity index (χ1n) is 2.25. The number of Topliss-reactive ketones (excluding diaryl/α,β-unsaturated/α-hetero) is 1. The van der Waals surface area contributed by atoms with E-state index in [9.17, 15) is 4.79 Å². The zero-order chi connectivity index (χ0) is 5.70. The van der Waals surface area contributed by atoms with Crippen LogP contribution in [0.1, 0.15) is 19.8 Å². The summed E-state index contributed by atoms with van der Waals surface area (Å²) in [6.07, 6.45) is 1.50. The van der Waals surface area contributed by atoms with E-state index in [0.29, 0.717) is 6.42 Å². The molecule has 0 fully saturated rings. The number of hydrogen-bond acceptors (Lipinski definition) is 1. The molecule has 0 N–H and O–H groups in total. The molecule has 0 radical (unpaired) electrons. The van der Waals surface area contributed by atoms with E-state index >= 15 is 0 Å². The van der Waals surface area contributed by atoms with Gasteiger partial charge in [-0.2, -0.15) is 0 Å². The molecule has 0 heterocycles. The molecule has 0 unspecified atom stereocenters. The van der Waals surface area contributed by atoms with Crippen LogP contribution in [0.5, 0.6) is 0 Å². The molecular formula is C5H9OP. The van der Waals surface area contributed by atoms with Gasteiger partial charge >= 0.3 is 0 Å². The second kappa shape index (κ2) is 4.01. The summed E-state index contributed by atoms with van der Waals surface area (Å²) in [5, 5.41) is 0. The van der Waals surface area contributed by atoms with E-state index in [4.69, 9.17) is 0 Å². The molecule has 2 heteroatoms. The Morgan fingerprint density at radius 2 is 2.43 bits per heavy atom. The third-order valence-corrected chi connectivity index (χ3v) is 0.929. The third kappa shape index (κ3) is 5.84. The fourth-order valence-corrected chi connectivity index (χ4v) is 0.420. The molecule has 0 aliphatic rings. The lowest BCUT2D eigenvalue weighted by atomic mass is 10.3. The second-order valence-electron chi connectivity index (χ2n) is 1.44. The summed E-state index contributed by atoms with van der Waals surface area (Å²) in [5.41, 5.74) is 0. The maximum Gasteiger partial charge on any atom is 0.130 e. The highest BCUT2D eigenvalue weighted by molar-refractivity contribution is 7.18. The van der Waals surface area contributed by atoms with Crippen molar-refractivity contribution >= 4 is 20.4 Å². The summed E-state index contributed by atoms with van der Waals surface area (Å²) in [6, 6.07) is 0. The van der Waals surface area contributed by atoms with Crippen molar-refractivity contribution in [3.63, 3.8) is 0 Å². The van der Waals surface area contributed by atoms with E-state index in [2.05, 4.69) is 8.86 Å². The first-order chi connectivity index (χ1) is 3.27. The van der Waals surface area contributed by atoms with E-state index in [1.807, 2.05) is 0 Å². The SMILES string of the molecule is CC(=O)CCC=P. The molecule has 0 aromatic heterocycles. The van der Waals surface area contributed by atoms with Crippen LogP contribution in [0.2, 0.25) is 0 Å². The summed E-state index contributed by atoms with van der Waals surface area (Å²) < 4.78 is 0. The largest absolute Gasteiger partial charge is 0.300 e. The molecule has 0 saturated heterocycles. The molecule has 7 heavy (non-hydrogen) atoms. The standard InChI is InChI=1S/C5H9OP/c1-5(6)3-2-4-7/h4,7H,2-3H2,1H3. The molecule has 0 aliphatic carbocycles. The van der Waals surface area contributed by atoms with Gasteiger partial charge in [-0.05, 0) is 13.3 Å². The van der Waals surface area contributed by atoms with E-state index < -0.39 is 0 Å². The Bertz CT molecular complexity index is 78.1. The monoisotopic (exact) mass is 116 g/mol. The number of carbonyl (C=O) groups is 1. The van der Waals surface area contributed by atoms with E-state index in [0.717, 1.165) is 6.42 Å². The summed E-state index contributed by atoms with van der Waals surface area (Å²) in [7, 11) is 3.14. The lowest BCUT2D eigenvalue weighted by molar-refractivity contribution is -0.116. The van der Waals surface area contributed by atoms with Gasteiger partial charge in [0.25, 0.3) is 0 Å². The summed E-state index contributed by atoms with van der Waals surface area (Å²) >= 11 is 0. The predicted molar refractivity (Wildman–Crippen MR) is 34.3 cm³/mol. The highest BCUT2D eigenvalue weighted by Crippen LogP contribution is 1.85. The summed E-state index contributed by atoms with van der Waals surface area (Å²) in [4.78, 5) is 10.2. The molecule has 0 atom stereocenters. The van der Waals surface area contributed by atoms with Gasteiger partial charge in [-0.3, -0.25) is 0 Å². The summed E-state index contributed by atoms with van der Waals surface area (Å²) in [6.45, 7) is 1.59. The van der Waals surface area contributed by atoms with Gasteiger partial charge in [-0.25, -0.2) is 0 Å². The van der Waals surface area contributed by atoms with Gasteiger partial charge in [0, 0.05) is 6.42 Å². The quantitative estimate of drug-likeness (QED) is 0.508. The number of hydrogen-bond donors (Lipinski definition) is 0. The molecule has 0 bridgehead atoms. The van der Waals surface area contributed by atoms with Crippen LogP contribution in [0.4, 0.5) is 0 Å². The molecular weight excluding hydrogens is 107 g/mol. The molecule has 0 aromatic carbocycles. The topological polar surface area (TPSA) is 17.1 Å². The van der Waals surface area contributed by atoms with Crippen molar-refractivity contribution in [1.82, 2.24) is 0 Å². The minimum absolute atomic E-state index is 0.245. The molecule has 0 saturated carbocycles. The van der Waals surface area contributed by atoms with Crippen LogP contribution in [0.15, 0.2) is 0 Å². The maximum atomic E-state index is 10.2.